The molecular formula is C6H9NO. The monoisotopic (exact) mass is 111 g/mol. The molecule has 0 aromatic rings. The van der Waals surface area contributed by atoms with E-state index in [0.717, 1.165) is 12.8 Å². The zero-order valence-electron chi connectivity index (χ0n) is 4.87. The fraction of sp³-hybridized carbons (Fsp3) is 0.500. The number of carbonyl (C=O) groups is 1. The fourth-order valence-electron chi connectivity index (χ4n) is 0.784. The van der Waals surface area contributed by atoms with Gasteiger partial charge in [-0.3, -0.25) is 4.90 Å². The van der Waals surface area contributed by atoms with Crippen molar-refractivity contribution >= 4 is 6.29 Å². The van der Waals surface area contributed by atoms with E-state index in [-0.39, 0.29) is 6.04 Å². The number of likely N-dealkylation sites (N-methyl/N-ethyl adjacent to an activating group) is 1. The van der Waals surface area contributed by atoms with Crippen LogP contribution in [0.25, 0.3) is 0 Å². The quantitative estimate of drug-likeness (QED) is 0.352. The Morgan fingerprint density at radius 2 is 2.62 bits per heavy atom. The number of carbonyl (C=O) groups excluding carboxylic acids is 1. The zero-order chi connectivity index (χ0) is 5.98. The predicted molar refractivity (Wildman–Crippen MR) is 31.6 cm³/mol. The van der Waals surface area contributed by atoms with Crippen LogP contribution in [0.5, 0.6) is 0 Å². The molecule has 0 fully saturated rings. The second-order valence-corrected chi connectivity index (χ2v) is 1.99. The lowest BCUT2D eigenvalue weighted by molar-refractivity contribution is -0.110. The van der Waals surface area contributed by atoms with Crippen LogP contribution in [0.3, 0.4) is 0 Å². The summed E-state index contributed by atoms with van der Waals surface area (Å²) in [6, 6.07) is 0.0370. The molecule has 0 aromatic heterocycles. The van der Waals surface area contributed by atoms with Crippen LogP contribution in [-0.4, -0.2) is 30.8 Å². The molecule has 1 atom stereocenters. The largest absolute Gasteiger partial charge is 0.301 e. The van der Waals surface area contributed by atoms with Gasteiger partial charge in [-0.25, -0.2) is 0 Å². The standard InChI is InChI=1S/C6H9NO/c1-7-4-2-3-6(7)5-8/h2-3,5-6H,4H2,1H3/t6-/m0/s1. The second kappa shape index (κ2) is 2.09. The van der Waals surface area contributed by atoms with Crippen molar-refractivity contribution in [3.05, 3.63) is 12.2 Å². The SMILES string of the molecule is CN1CC=C[C@H]1C=O. The molecule has 0 saturated carbocycles. The molecule has 2 nitrogen and oxygen atoms in total. The number of aldehydes is 1. The molecule has 0 spiro atoms. The minimum atomic E-state index is 0.0370. The molecule has 1 heterocycles. The van der Waals surface area contributed by atoms with E-state index in [0.29, 0.717) is 0 Å². The first kappa shape index (κ1) is 5.51. The molecule has 2 heteroatoms. The maximum Gasteiger partial charge on any atom is 0.141 e. The summed E-state index contributed by atoms with van der Waals surface area (Å²) in [4.78, 5) is 12.1. The lowest BCUT2D eigenvalue weighted by atomic mass is 10.3. The van der Waals surface area contributed by atoms with E-state index >= 15 is 0 Å². The summed E-state index contributed by atoms with van der Waals surface area (Å²) < 4.78 is 0. The molecule has 0 saturated heterocycles. The van der Waals surface area contributed by atoms with E-state index in [2.05, 4.69) is 0 Å². The molecule has 0 amide bonds. The molecule has 1 aliphatic rings. The molecule has 0 aromatic carbocycles. The Morgan fingerprint density at radius 1 is 1.88 bits per heavy atom. The van der Waals surface area contributed by atoms with Crippen LogP contribution >= 0.6 is 0 Å². The highest BCUT2D eigenvalue weighted by atomic mass is 16.1. The third kappa shape index (κ3) is 0.793. The summed E-state index contributed by atoms with van der Waals surface area (Å²) in [7, 11) is 1.93. The highest BCUT2D eigenvalue weighted by Crippen LogP contribution is 2.01. The highest BCUT2D eigenvalue weighted by molar-refractivity contribution is 5.61. The minimum absolute atomic E-state index is 0.0370. The topological polar surface area (TPSA) is 20.3 Å². The van der Waals surface area contributed by atoms with Crippen LogP contribution in [0.1, 0.15) is 0 Å². The average Bonchev–Trinajstić information content (AvgIpc) is 2.14. The van der Waals surface area contributed by atoms with Gasteiger partial charge in [-0.1, -0.05) is 12.2 Å². The van der Waals surface area contributed by atoms with Crippen LogP contribution < -0.4 is 0 Å². The summed E-state index contributed by atoms with van der Waals surface area (Å²) in [6.45, 7) is 0.906. The number of hydrogen-bond acceptors (Lipinski definition) is 2. The fourth-order valence-corrected chi connectivity index (χ4v) is 0.784. The van der Waals surface area contributed by atoms with E-state index < -0.39 is 0 Å². The van der Waals surface area contributed by atoms with Gasteiger partial charge in [-0.05, 0) is 7.05 Å². The van der Waals surface area contributed by atoms with Crippen LogP contribution in [0.4, 0.5) is 0 Å². The first-order valence-corrected chi connectivity index (χ1v) is 2.67. The predicted octanol–water partition coefficient (Wildman–Crippen LogP) is 0.0555. The molecule has 44 valence electrons. The second-order valence-electron chi connectivity index (χ2n) is 1.99. The number of hydrogen-bond donors (Lipinski definition) is 0. The Bertz CT molecular complexity index is 120. The van der Waals surface area contributed by atoms with E-state index in [1.54, 1.807) is 0 Å². The highest BCUT2D eigenvalue weighted by Gasteiger charge is 2.12. The van der Waals surface area contributed by atoms with Crippen molar-refractivity contribution in [3.8, 4) is 0 Å². The molecular weight excluding hydrogens is 102 g/mol. The van der Waals surface area contributed by atoms with Crippen molar-refractivity contribution in [1.29, 1.82) is 0 Å². The van der Waals surface area contributed by atoms with Gasteiger partial charge in [-0.2, -0.15) is 0 Å². The Hall–Kier alpha value is -0.630. The van der Waals surface area contributed by atoms with Gasteiger partial charge in [0.1, 0.15) is 6.29 Å². The molecule has 1 rings (SSSR count). The summed E-state index contributed by atoms with van der Waals surface area (Å²) in [5, 5.41) is 0. The van der Waals surface area contributed by atoms with Crippen LogP contribution in [0.2, 0.25) is 0 Å². The molecule has 0 N–H and O–H groups in total. The van der Waals surface area contributed by atoms with Crippen molar-refractivity contribution < 1.29 is 4.79 Å². The minimum Gasteiger partial charge on any atom is -0.301 e. The van der Waals surface area contributed by atoms with Gasteiger partial charge < -0.3 is 4.79 Å². The van der Waals surface area contributed by atoms with Crippen molar-refractivity contribution in [2.75, 3.05) is 13.6 Å². The first-order chi connectivity index (χ1) is 3.84. The van der Waals surface area contributed by atoms with Crippen LogP contribution in [0, 0.1) is 0 Å². The van der Waals surface area contributed by atoms with E-state index in [1.807, 2.05) is 24.1 Å². The summed E-state index contributed by atoms with van der Waals surface area (Å²) in [5.41, 5.74) is 0. The Morgan fingerprint density at radius 3 is 2.88 bits per heavy atom. The number of rotatable bonds is 1. The van der Waals surface area contributed by atoms with Gasteiger partial charge in [0.15, 0.2) is 0 Å². The zero-order valence-corrected chi connectivity index (χ0v) is 4.87. The smallest absolute Gasteiger partial charge is 0.141 e. The maximum absolute atomic E-state index is 10.1. The Kier molecular flexibility index (Phi) is 1.44. The molecule has 1 aliphatic heterocycles. The van der Waals surface area contributed by atoms with Crippen LogP contribution in [-0.2, 0) is 4.79 Å². The van der Waals surface area contributed by atoms with Crippen molar-refractivity contribution in [3.63, 3.8) is 0 Å². The van der Waals surface area contributed by atoms with Gasteiger partial charge >= 0.3 is 0 Å². The molecule has 0 aliphatic carbocycles. The summed E-state index contributed by atoms with van der Waals surface area (Å²) in [5.74, 6) is 0. The first-order valence-electron chi connectivity index (χ1n) is 2.67. The summed E-state index contributed by atoms with van der Waals surface area (Å²) >= 11 is 0. The van der Waals surface area contributed by atoms with E-state index in [1.165, 1.54) is 0 Å². The van der Waals surface area contributed by atoms with Gasteiger partial charge in [0.2, 0.25) is 0 Å². The lowest BCUT2D eigenvalue weighted by Gasteiger charge is -2.10. The third-order valence-electron chi connectivity index (χ3n) is 1.38. The normalized spacial score (nSPS) is 28.9. The van der Waals surface area contributed by atoms with Crippen LogP contribution in [0.15, 0.2) is 12.2 Å². The molecule has 0 bridgehead atoms. The number of nitrogens with zero attached hydrogens (tertiary/aromatic N) is 1. The molecule has 8 heavy (non-hydrogen) atoms. The van der Waals surface area contributed by atoms with Gasteiger partial charge in [-0.15, -0.1) is 0 Å². The third-order valence-corrected chi connectivity index (χ3v) is 1.38. The maximum atomic E-state index is 10.1. The Balaban J connectivity index is 2.52. The van der Waals surface area contributed by atoms with Gasteiger partial charge in [0, 0.05) is 6.54 Å². The van der Waals surface area contributed by atoms with Gasteiger partial charge in [0.25, 0.3) is 0 Å². The lowest BCUT2D eigenvalue weighted by Crippen LogP contribution is -2.26. The summed E-state index contributed by atoms with van der Waals surface area (Å²) in [6.07, 6.45) is 4.86. The van der Waals surface area contributed by atoms with E-state index in [9.17, 15) is 4.79 Å². The van der Waals surface area contributed by atoms with Crippen molar-refractivity contribution in [1.82, 2.24) is 4.90 Å². The average molecular weight is 111 g/mol. The van der Waals surface area contributed by atoms with Gasteiger partial charge in [0.05, 0.1) is 6.04 Å². The Labute approximate surface area is 48.8 Å². The van der Waals surface area contributed by atoms with Crippen molar-refractivity contribution in [2.45, 2.75) is 6.04 Å². The van der Waals surface area contributed by atoms with Crippen molar-refractivity contribution in [2.24, 2.45) is 0 Å². The molecule has 0 unspecified atom stereocenters. The molecule has 0 radical (unpaired) electrons. The van der Waals surface area contributed by atoms with E-state index in [4.69, 9.17) is 0 Å².